The Morgan fingerprint density at radius 3 is 2.32 bits per heavy atom. The number of likely N-dealkylation sites (N-methyl/N-ethyl adjacent to an activating group) is 1. The molecule has 2 fully saturated rings. The van der Waals surface area contributed by atoms with Crippen LogP contribution in [-0.2, 0) is 19.9 Å². The minimum atomic E-state index is -1.00. The van der Waals surface area contributed by atoms with Crippen LogP contribution < -0.4 is 0 Å². The van der Waals surface area contributed by atoms with Gasteiger partial charge < -0.3 is 9.80 Å². The summed E-state index contributed by atoms with van der Waals surface area (Å²) in [4.78, 5) is 44.6. The first-order chi connectivity index (χ1) is 14.6. The number of hydrogen-bond donors (Lipinski definition) is 0. The molecule has 1 heterocycles. The molecule has 7 heteroatoms. The molecule has 0 N–H and O–H groups in total. The van der Waals surface area contributed by atoms with Crippen molar-refractivity contribution in [3.05, 3.63) is 34.9 Å². The molecule has 3 rings (SSSR count). The van der Waals surface area contributed by atoms with Crippen LogP contribution in [0.5, 0.6) is 0 Å². The number of nitrogens with zero attached hydrogens (tertiary/aromatic N) is 3. The molecule has 6 nitrogen and oxygen atoms in total. The fraction of sp³-hybridized carbons (Fsp3) is 0.625. The Bertz CT molecular complexity index is 843. The number of rotatable bonds is 4. The van der Waals surface area contributed by atoms with Gasteiger partial charge in [-0.3, -0.25) is 19.3 Å². The van der Waals surface area contributed by atoms with Gasteiger partial charge in [0.15, 0.2) is 5.78 Å². The lowest BCUT2D eigenvalue weighted by Gasteiger charge is -2.45. The highest BCUT2D eigenvalue weighted by atomic mass is 35.5. The summed E-state index contributed by atoms with van der Waals surface area (Å²) in [5.41, 5.74) is -0.684. The van der Waals surface area contributed by atoms with Gasteiger partial charge in [-0.15, -0.1) is 0 Å². The van der Waals surface area contributed by atoms with Crippen molar-refractivity contribution in [2.45, 2.75) is 52.0 Å². The zero-order chi connectivity index (χ0) is 22.8. The van der Waals surface area contributed by atoms with Gasteiger partial charge in [0, 0.05) is 55.6 Å². The Morgan fingerprint density at radius 2 is 1.74 bits per heavy atom. The van der Waals surface area contributed by atoms with Gasteiger partial charge in [-0.2, -0.15) is 0 Å². The molecule has 1 aliphatic carbocycles. The molecule has 0 spiro atoms. The summed E-state index contributed by atoms with van der Waals surface area (Å²) < 4.78 is 0. The van der Waals surface area contributed by atoms with Gasteiger partial charge in [-0.25, -0.2) is 0 Å². The van der Waals surface area contributed by atoms with Crippen molar-refractivity contribution in [2.24, 2.45) is 5.41 Å². The van der Waals surface area contributed by atoms with E-state index in [2.05, 4.69) is 4.90 Å². The molecule has 1 aromatic rings. The van der Waals surface area contributed by atoms with Gasteiger partial charge in [-0.1, -0.05) is 50.6 Å². The van der Waals surface area contributed by atoms with Crippen LogP contribution in [0.1, 0.15) is 52.0 Å². The molecular formula is C24H34ClN3O3. The van der Waals surface area contributed by atoms with E-state index in [0.717, 1.165) is 18.4 Å². The predicted octanol–water partition coefficient (Wildman–Crippen LogP) is 3.33. The van der Waals surface area contributed by atoms with Crippen molar-refractivity contribution in [1.29, 1.82) is 0 Å². The second kappa shape index (κ2) is 9.29. The van der Waals surface area contributed by atoms with E-state index in [1.165, 1.54) is 0 Å². The van der Waals surface area contributed by atoms with E-state index in [9.17, 15) is 14.4 Å². The monoisotopic (exact) mass is 447 g/mol. The number of carbonyl (C=O) groups is 3. The summed E-state index contributed by atoms with van der Waals surface area (Å²) in [6.45, 7) is 8.53. The molecule has 0 aromatic heterocycles. The number of halogens is 1. The first-order valence-electron chi connectivity index (χ1n) is 11.1. The van der Waals surface area contributed by atoms with Gasteiger partial charge in [0.2, 0.25) is 11.8 Å². The SMILES string of the molecule is CN(C(=O)CN1CCN(C(=O)C(C)(C)C)CC1)C1(c2ccccc2Cl)CCCCC1=O. The number of Topliss-reactive ketones (excluding diaryl/α,β-unsaturated/α-hetero) is 1. The Labute approximate surface area is 190 Å². The predicted molar refractivity (Wildman–Crippen MR) is 122 cm³/mol. The Hall–Kier alpha value is -1.92. The molecule has 1 aliphatic heterocycles. The van der Waals surface area contributed by atoms with Crippen LogP contribution >= 0.6 is 11.6 Å². The average molecular weight is 448 g/mol. The Morgan fingerprint density at radius 1 is 1.10 bits per heavy atom. The van der Waals surface area contributed by atoms with Crippen LogP contribution in [0.15, 0.2) is 24.3 Å². The molecule has 1 saturated carbocycles. The zero-order valence-corrected chi connectivity index (χ0v) is 19.9. The zero-order valence-electron chi connectivity index (χ0n) is 19.1. The second-order valence-corrected chi connectivity index (χ2v) is 10.1. The lowest BCUT2D eigenvalue weighted by molar-refractivity contribution is -0.149. The highest BCUT2D eigenvalue weighted by Crippen LogP contribution is 2.42. The van der Waals surface area contributed by atoms with E-state index >= 15 is 0 Å². The average Bonchev–Trinajstić information content (AvgIpc) is 2.73. The van der Waals surface area contributed by atoms with Crippen LogP contribution in [0.25, 0.3) is 0 Å². The molecule has 1 atom stereocenters. The van der Waals surface area contributed by atoms with E-state index in [4.69, 9.17) is 11.6 Å². The summed E-state index contributed by atoms with van der Waals surface area (Å²) in [5, 5.41) is 0.520. The summed E-state index contributed by atoms with van der Waals surface area (Å²) in [5.74, 6) is 0.107. The first kappa shape index (κ1) is 23.7. The maximum absolute atomic E-state index is 13.3. The smallest absolute Gasteiger partial charge is 0.237 e. The van der Waals surface area contributed by atoms with E-state index in [-0.39, 0.29) is 24.1 Å². The third-order valence-electron chi connectivity index (χ3n) is 6.58. The van der Waals surface area contributed by atoms with Crippen molar-refractivity contribution in [1.82, 2.24) is 14.7 Å². The third kappa shape index (κ3) is 4.80. The van der Waals surface area contributed by atoms with Crippen LogP contribution in [0.2, 0.25) is 5.02 Å². The van der Waals surface area contributed by atoms with Crippen LogP contribution in [-0.4, -0.2) is 72.1 Å². The summed E-state index contributed by atoms with van der Waals surface area (Å²) in [6, 6.07) is 7.36. The normalized spacial score (nSPS) is 23.0. The lowest BCUT2D eigenvalue weighted by atomic mass is 9.74. The fourth-order valence-corrected chi connectivity index (χ4v) is 5.02. The largest absolute Gasteiger partial charge is 0.340 e. The minimum Gasteiger partial charge on any atom is -0.340 e. The molecule has 2 aliphatic rings. The summed E-state index contributed by atoms with van der Waals surface area (Å²) >= 11 is 6.50. The Kier molecular flexibility index (Phi) is 7.11. The van der Waals surface area contributed by atoms with E-state index < -0.39 is 11.0 Å². The lowest BCUT2D eigenvalue weighted by Crippen LogP contribution is -2.58. The van der Waals surface area contributed by atoms with E-state index in [1.807, 2.05) is 43.9 Å². The van der Waals surface area contributed by atoms with Crippen LogP contribution in [0, 0.1) is 5.41 Å². The third-order valence-corrected chi connectivity index (χ3v) is 6.91. The number of amides is 2. The van der Waals surface area contributed by atoms with Gasteiger partial charge in [0.05, 0.1) is 6.54 Å². The van der Waals surface area contributed by atoms with Gasteiger partial charge in [0.1, 0.15) is 5.54 Å². The highest BCUT2D eigenvalue weighted by Gasteiger charge is 2.48. The van der Waals surface area contributed by atoms with Gasteiger partial charge in [0.25, 0.3) is 0 Å². The first-order valence-corrected chi connectivity index (χ1v) is 11.5. The molecule has 170 valence electrons. The van der Waals surface area contributed by atoms with E-state index in [0.29, 0.717) is 44.0 Å². The van der Waals surface area contributed by atoms with Gasteiger partial charge in [-0.05, 0) is 25.3 Å². The van der Waals surface area contributed by atoms with Crippen LogP contribution in [0.3, 0.4) is 0 Å². The maximum atomic E-state index is 13.3. The molecular weight excluding hydrogens is 414 g/mol. The number of benzene rings is 1. The molecule has 2 amide bonds. The van der Waals surface area contributed by atoms with Crippen molar-refractivity contribution < 1.29 is 14.4 Å². The number of piperazine rings is 1. The molecule has 31 heavy (non-hydrogen) atoms. The summed E-state index contributed by atoms with van der Waals surface area (Å²) in [7, 11) is 1.73. The number of hydrogen-bond acceptors (Lipinski definition) is 4. The highest BCUT2D eigenvalue weighted by molar-refractivity contribution is 6.31. The van der Waals surface area contributed by atoms with Crippen LogP contribution in [0.4, 0.5) is 0 Å². The second-order valence-electron chi connectivity index (χ2n) is 9.74. The minimum absolute atomic E-state index is 0.0586. The molecule has 0 bridgehead atoms. The Balaban J connectivity index is 1.73. The number of carbonyl (C=O) groups excluding carboxylic acids is 3. The summed E-state index contributed by atoms with van der Waals surface area (Å²) in [6.07, 6.45) is 2.76. The maximum Gasteiger partial charge on any atom is 0.237 e. The number of ketones is 1. The van der Waals surface area contributed by atoms with Crippen molar-refractivity contribution >= 4 is 29.2 Å². The van der Waals surface area contributed by atoms with Crippen molar-refractivity contribution in [3.8, 4) is 0 Å². The van der Waals surface area contributed by atoms with Crippen molar-refractivity contribution in [2.75, 3.05) is 39.8 Å². The van der Waals surface area contributed by atoms with Crippen molar-refractivity contribution in [3.63, 3.8) is 0 Å². The molecule has 1 aromatic carbocycles. The topological polar surface area (TPSA) is 60.9 Å². The standard InChI is InChI=1S/C24H34ClN3O3/c1-23(2,3)22(31)28-15-13-27(14-16-28)17-21(30)26(4)24(12-8-7-11-20(24)29)18-9-5-6-10-19(18)25/h5-6,9-10H,7-8,11-17H2,1-4H3. The quantitative estimate of drug-likeness (QED) is 0.710. The molecule has 1 unspecified atom stereocenters. The molecule has 1 saturated heterocycles. The molecule has 0 radical (unpaired) electrons. The van der Waals surface area contributed by atoms with E-state index in [1.54, 1.807) is 18.0 Å². The fourth-order valence-electron chi connectivity index (χ4n) is 4.72. The van der Waals surface area contributed by atoms with Gasteiger partial charge >= 0.3 is 0 Å².